The summed E-state index contributed by atoms with van der Waals surface area (Å²) in [6, 6.07) is 14.9. The lowest BCUT2D eigenvalue weighted by molar-refractivity contribution is -0.114. The number of carbonyl (C=O) groups excluding carboxylic acids is 1. The van der Waals surface area contributed by atoms with Gasteiger partial charge in [-0.05, 0) is 42.5 Å². The summed E-state index contributed by atoms with van der Waals surface area (Å²) in [4.78, 5) is 12.9. The molecule has 0 aliphatic heterocycles. The van der Waals surface area contributed by atoms with Crippen LogP contribution in [-0.2, 0) is 4.79 Å². The van der Waals surface area contributed by atoms with Gasteiger partial charge in [-0.25, -0.2) is 0 Å². The maximum atomic E-state index is 10.9. The molecule has 0 aliphatic carbocycles. The molecule has 2 aromatic rings. The van der Waals surface area contributed by atoms with E-state index in [9.17, 15) is 4.79 Å². The van der Waals surface area contributed by atoms with Crippen molar-refractivity contribution in [2.75, 3.05) is 11.1 Å². The zero-order chi connectivity index (χ0) is 14.5. The predicted octanol–water partition coefficient (Wildman–Crippen LogP) is 3.25. The van der Waals surface area contributed by atoms with Gasteiger partial charge in [0.25, 0.3) is 0 Å². The Kier molecular flexibility index (Phi) is 4.28. The second-order valence-corrected chi connectivity index (χ2v) is 5.32. The predicted molar refractivity (Wildman–Crippen MR) is 80.4 cm³/mol. The van der Waals surface area contributed by atoms with Gasteiger partial charge in [0.1, 0.15) is 6.07 Å². The first-order valence-electron chi connectivity index (χ1n) is 5.93. The van der Waals surface area contributed by atoms with Crippen LogP contribution in [0.4, 0.5) is 11.4 Å². The smallest absolute Gasteiger partial charge is 0.221 e. The maximum absolute atomic E-state index is 10.9. The molecule has 20 heavy (non-hydrogen) atoms. The number of benzene rings is 2. The molecular formula is C15H13N3OS. The summed E-state index contributed by atoms with van der Waals surface area (Å²) in [6.07, 6.45) is 0. The number of carbonyl (C=O) groups is 1. The zero-order valence-electron chi connectivity index (χ0n) is 10.9. The number of amides is 1. The second-order valence-electron chi connectivity index (χ2n) is 4.17. The quantitative estimate of drug-likeness (QED) is 0.847. The number of anilines is 2. The molecule has 0 spiro atoms. The van der Waals surface area contributed by atoms with E-state index in [1.54, 1.807) is 23.9 Å². The number of hydrogen-bond donors (Lipinski definition) is 2. The van der Waals surface area contributed by atoms with E-state index in [1.807, 2.05) is 36.4 Å². The number of nitrogens with one attached hydrogen (secondary N) is 1. The van der Waals surface area contributed by atoms with E-state index in [1.165, 1.54) is 6.92 Å². The van der Waals surface area contributed by atoms with E-state index in [0.29, 0.717) is 11.3 Å². The molecular weight excluding hydrogens is 270 g/mol. The lowest BCUT2D eigenvalue weighted by Gasteiger charge is -2.06. The third-order valence-corrected chi connectivity index (χ3v) is 3.55. The van der Waals surface area contributed by atoms with Crippen LogP contribution in [-0.4, -0.2) is 5.91 Å². The molecule has 0 saturated heterocycles. The van der Waals surface area contributed by atoms with Crippen molar-refractivity contribution in [1.29, 1.82) is 5.26 Å². The van der Waals surface area contributed by atoms with Crippen LogP contribution < -0.4 is 11.1 Å². The highest BCUT2D eigenvalue weighted by Gasteiger charge is 2.03. The van der Waals surface area contributed by atoms with Gasteiger partial charge in [-0.1, -0.05) is 11.8 Å². The van der Waals surface area contributed by atoms with Crippen molar-refractivity contribution in [3.63, 3.8) is 0 Å². The summed E-state index contributed by atoms with van der Waals surface area (Å²) in [5, 5.41) is 11.5. The van der Waals surface area contributed by atoms with Gasteiger partial charge >= 0.3 is 0 Å². The average Bonchev–Trinajstić information content (AvgIpc) is 2.41. The van der Waals surface area contributed by atoms with Crippen LogP contribution in [0.3, 0.4) is 0 Å². The van der Waals surface area contributed by atoms with E-state index in [-0.39, 0.29) is 5.91 Å². The van der Waals surface area contributed by atoms with Crippen molar-refractivity contribution >= 4 is 29.0 Å². The molecule has 2 aromatic carbocycles. The Bertz CT molecular complexity index is 675. The summed E-state index contributed by atoms with van der Waals surface area (Å²) in [5.41, 5.74) is 7.51. The molecule has 0 fully saturated rings. The Morgan fingerprint density at radius 2 is 1.85 bits per heavy atom. The lowest BCUT2D eigenvalue weighted by Crippen LogP contribution is -2.05. The van der Waals surface area contributed by atoms with Crippen molar-refractivity contribution in [3.05, 3.63) is 48.0 Å². The van der Waals surface area contributed by atoms with Crippen LogP contribution in [0.1, 0.15) is 12.5 Å². The van der Waals surface area contributed by atoms with Gasteiger partial charge < -0.3 is 11.1 Å². The summed E-state index contributed by atoms with van der Waals surface area (Å²) in [5.74, 6) is -0.0923. The number of nitrogens with two attached hydrogens (primary N) is 1. The molecule has 0 unspecified atom stereocenters. The summed E-state index contributed by atoms with van der Waals surface area (Å²) in [6.45, 7) is 1.47. The van der Waals surface area contributed by atoms with Gasteiger partial charge in [0.2, 0.25) is 5.91 Å². The Hall–Kier alpha value is -2.45. The highest BCUT2D eigenvalue weighted by atomic mass is 32.2. The molecule has 2 rings (SSSR count). The molecule has 0 aliphatic rings. The summed E-state index contributed by atoms with van der Waals surface area (Å²) < 4.78 is 0. The SMILES string of the molecule is CC(=O)Nc1ccc(Sc2ccc(C#N)c(N)c2)cc1. The van der Waals surface area contributed by atoms with Gasteiger partial charge in [0.05, 0.1) is 11.3 Å². The molecule has 0 bridgehead atoms. The van der Waals surface area contributed by atoms with Crippen molar-refractivity contribution in [2.24, 2.45) is 0 Å². The molecule has 100 valence electrons. The van der Waals surface area contributed by atoms with Gasteiger partial charge in [-0.2, -0.15) is 5.26 Å². The average molecular weight is 283 g/mol. The number of nitriles is 1. The molecule has 5 heteroatoms. The molecule has 4 nitrogen and oxygen atoms in total. The highest BCUT2D eigenvalue weighted by Crippen LogP contribution is 2.30. The Balaban J connectivity index is 2.12. The van der Waals surface area contributed by atoms with Crippen molar-refractivity contribution < 1.29 is 4.79 Å². The van der Waals surface area contributed by atoms with Crippen LogP contribution in [0, 0.1) is 11.3 Å². The minimum Gasteiger partial charge on any atom is -0.398 e. The fraction of sp³-hybridized carbons (Fsp3) is 0.0667. The first kappa shape index (κ1) is 14.0. The largest absolute Gasteiger partial charge is 0.398 e. The van der Waals surface area contributed by atoms with Gasteiger partial charge in [0, 0.05) is 22.4 Å². The first-order valence-corrected chi connectivity index (χ1v) is 6.75. The van der Waals surface area contributed by atoms with E-state index in [2.05, 4.69) is 5.32 Å². The Morgan fingerprint density at radius 1 is 1.20 bits per heavy atom. The standard InChI is InChI=1S/C15H13N3OS/c1-10(19)18-12-3-6-13(7-4-12)20-14-5-2-11(9-16)15(17)8-14/h2-8H,17H2,1H3,(H,18,19). The Morgan fingerprint density at radius 3 is 2.40 bits per heavy atom. The molecule has 0 aromatic heterocycles. The fourth-order valence-corrected chi connectivity index (χ4v) is 2.52. The maximum Gasteiger partial charge on any atom is 0.221 e. The highest BCUT2D eigenvalue weighted by molar-refractivity contribution is 7.99. The minimum atomic E-state index is -0.0923. The van der Waals surface area contributed by atoms with E-state index in [4.69, 9.17) is 11.0 Å². The monoisotopic (exact) mass is 283 g/mol. The van der Waals surface area contributed by atoms with Crippen LogP contribution in [0.2, 0.25) is 0 Å². The number of nitrogen functional groups attached to an aromatic ring is 1. The number of rotatable bonds is 3. The third kappa shape index (κ3) is 3.53. The minimum absolute atomic E-state index is 0.0923. The molecule has 0 atom stereocenters. The molecule has 0 heterocycles. The molecule has 0 saturated carbocycles. The topological polar surface area (TPSA) is 78.9 Å². The summed E-state index contributed by atoms with van der Waals surface area (Å²) in [7, 11) is 0. The number of nitrogens with zero attached hydrogens (tertiary/aromatic N) is 1. The second kappa shape index (κ2) is 6.13. The molecule has 1 amide bonds. The fourth-order valence-electron chi connectivity index (χ4n) is 1.65. The number of hydrogen-bond acceptors (Lipinski definition) is 4. The van der Waals surface area contributed by atoms with Crippen molar-refractivity contribution in [1.82, 2.24) is 0 Å². The van der Waals surface area contributed by atoms with Gasteiger partial charge in [0.15, 0.2) is 0 Å². The molecule has 3 N–H and O–H groups in total. The Labute approximate surface area is 121 Å². The van der Waals surface area contributed by atoms with Crippen LogP contribution in [0.5, 0.6) is 0 Å². The van der Waals surface area contributed by atoms with Gasteiger partial charge in [-0.15, -0.1) is 0 Å². The van der Waals surface area contributed by atoms with E-state index < -0.39 is 0 Å². The van der Waals surface area contributed by atoms with Crippen molar-refractivity contribution in [3.8, 4) is 6.07 Å². The van der Waals surface area contributed by atoms with E-state index in [0.717, 1.165) is 15.5 Å². The summed E-state index contributed by atoms with van der Waals surface area (Å²) >= 11 is 1.55. The van der Waals surface area contributed by atoms with E-state index >= 15 is 0 Å². The first-order chi connectivity index (χ1) is 9.58. The van der Waals surface area contributed by atoms with Crippen molar-refractivity contribution in [2.45, 2.75) is 16.7 Å². The molecule has 0 radical (unpaired) electrons. The zero-order valence-corrected chi connectivity index (χ0v) is 11.7. The normalized spacial score (nSPS) is 9.80. The van der Waals surface area contributed by atoms with Crippen LogP contribution >= 0.6 is 11.8 Å². The van der Waals surface area contributed by atoms with Crippen LogP contribution in [0.25, 0.3) is 0 Å². The van der Waals surface area contributed by atoms with Crippen LogP contribution in [0.15, 0.2) is 52.3 Å². The lowest BCUT2D eigenvalue weighted by atomic mass is 10.2. The van der Waals surface area contributed by atoms with Gasteiger partial charge in [-0.3, -0.25) is 4.79 Å². The third-order valence-electron chi connectivity index (χ3n) is 2.55.